The Hall–Kier alpha value is -0.280. The van der Waals surface area contributed by atoms with Crippen molar-refractivity contribution in [2.24, 2.45) is 0 Å². The topological polar surface area (TPSA) is 32.3 Å². The summed E-state index contributed by atoms with van der Waals surface area (Å²) in [5, 5.41) is 3.39. The van der Waals surface area contributed by atoms with Crippen molar-refractivity contribution < 1.29 is 4.79 Å². The van der Waals surface area contributed by atoms with Crippen molar-refractivity contribution in [2.75, 3.05) is 13.6 Å². The molecule has 94 valence electrons. The molecule has 16 heavy (non-hydrogen) atoms. The van der Waals surface area contributed by atoms with Crippen LogP contribution in [0.15, 0.2) is 0 Å². The summed E-state index contributed by atoms with van der Waals surface area (Å²) in [5.74, 6) is 0.298. The summed E-state index contributed by atoms with van der Waals surface area (Å²) in [5.41, 5.74) is -0.289. The molecule has 1 aliphatic carbocycles. The number of rotatable bonds is 2. The van der Waals surface area contributed by atoms with Crippen LogP contribution >= 0.6 is 12.4 Å². The highest BCUT2D eigenvalue weighted by Crippen LogP contribution is 2.28. The average Bonchev–Trinajstić information content (AvgIpc) is 2.15. The smallest absolute Gasteiger partial charge is 0.242 e. The van der Waals surface area contributed by atoms with E-state index in [0.29, 0.717) is 11.9 Å². The van der Waals surface area contributed by atoms with Gasteiger partial charge in [-0.05, 0) is 52.0 Å². The predicted molar refractivity (Wildman–Crippen MR) is 67.9 cm³/mol. The first kappa shape index (κ1) is 13.8. The molecule has 0 aromatic carbocycles. The van der Waals surface area contributed by atoms with Crippen molar-refractivity contribution in [3.63, 3.8) is 0 Å². The van der Waals surface area contributed by atoms with Crippen LogP contribution in [0.4, 0.5) is 0 Å². The monoisotopic (exact) mass is 246 g/mol. The molecule has 0 bridgehead atoms. The number of nitrogens with zero attached hydrogens (tertiary/aromatic N) is 1. The van der Waals surface area contributed by atoms with Crippen LogP contribution in [0.1, 0.15) is 45.4 Å². The van der Waals surface area contributed by atoms with Gasteiger partial charge in [0.25, 0.3) is 0 Å². The first-order valence-corrected chi connectivity index (χ1v) is 6.16. The highest BCUT2D eigenvalue weighted by molar-refractivity contribution is 5.86. The van der Waals surface area contributed by atoms with Gasteiger partial charge in [-0.1, -0.05) is 0 Å². The van der Waals surface area contributed by atoms with Gasteiger partial charge < -0.3 is 10.2 Å². The third kappa shape index (κ3) is 2.51. The summed E-state index contributed by atoms with van der Waals surface area (Å²) in [6, 6.07) is 0.512. The molecular weight excluding hydrogens is 224 g/mol. The van der Waals surface area contributed by atoms with E-state index in [1.165, 1.54) is 32.1 Å². The van der Waals surface area contributed by atoms with E-state index in [-0.39, 0.29) is 17.9 Å². The number of hydrogen-bond acceptors (Lipinski definition) is 2. The molecule has 4 heteroatoms. The molecule has 0 spiro atoms. The fourth-order valence-corrected chi connectivity index (χ4v) is 2.57. The standard InChI is InChI=1S/C12H22N2O.ClH/c1-12(8-3-4-9-13-12)11(15)14(2)10-6-5-7-10;/h10,13H,3-9H2,1-2H3;1H. The van der Waals surface area contributed by atoms with Crippen molar-refractivity contribution in [3.8, 4) is 0 Å². The minimum Gasteiger partial charge on any atom is -0.341 e. The molecule has 2 aliphatic rings. The van der Waals surface area contributed by atoms with Crippen LogP contribution in [0.3, 0.4) is 0 Å². The summed E-state index contributed by atoms with van der Waals surface area (Å²) in [4.78, 5) is 14.3. The second kappa shape index (κ2) is 5.37. The SMILES string of the molecule is CN(C(=O)C1(C)CCCCN1)C1CCC1.Cl. The lowest BCUT2D eigenvalue weighted by Crippen LogP contribution is -2.59. The van der Waals surface area contributed by atoms with E-state index in [9.17, 15) is 4.79 Å². The van der Waals surface area contributed by atoms with E-state index in [2.05, 4.69) is 12.2 Å². The molecule has 0 radical (unpaired) electrons. The fourth-order valence-electron chi connectivity index (χ4n) is 2.57. The normalized spacial score (nSPS) is 30.1. The summed E-state index contributed by atoms with van der Waals surface area (Å²) < 4.78 is 0. The van der Waals surface area contributed by atoms with Crippen molar-refractivity contribution in [3.05, 3.63) is 0 Å². The molecule has 1 saturated heterocycles. The lowest BCUT2D eigenvalue weighted by atomic mass is 9.86. The van der Waals surface area contributed by atoms with E-state index < -0.39 is 0 Å². The van der Waals surface area contributed by atoms with Gasteiger partial charge in [-0.25, -0.2) is 0 Å². The molecule has 1 amide bonds. The molecule has 0 aromatic heterocycles. The van der Waals surface area contributed by atoms with E-state index in [4.69, 9.17) is 0 Å². The van der Waals surface area contributed by atoms with Gasteiger partial charge in [-0.2, -0.15) is 0 Å². The number of carbonyl (C=O) groups is 1. The van der Waals surface area contributed by atoms with Crippen LogP contribution in [0.5, 0.6) is 0 Å². The molecular formula is C12H23ClN2O. The van der Waals surface area contributed by atoms with Gasteiger partial charge >= 0.3 is 0 Å². The van der Waals surface area contributed by atoms with Crippen LogP contribution in [-0.2, 0) is 4.79 Å². The molecule has 2 fully saturated rings. The number of likely N-dealkylation sites (N-methyl/N-ethyl adjacent to an activating group) is 1. The Kier molecular flexibility index (Phi) is 4.62. The van der Waals surface area contributed by atoms with Crippen molar-refractivity contribution in [1.29, 1.82) is 0 Å². The highest BCUT2D eigenvalue weighted by atomic mass is 35.5. The van der Waals surface area contributed by atoms with Gasteiger partial charge in [0.1, 0.15) is 0 Å². The minimum absolute atomic E-state index is 0. The molecule has 1 unspecified atom stereocenters. The van der Waals surface area contributed by atoms with Gasteiger partial charge in [0, 0.05) is 13.1 Å². The molecule has 0 aromatic rings. The first-order valence-electron chi connectivity index (χ1n) is 6.16. The van der Waals surface area contributed by atoms with Crippen LogP contribution in [0.25, 0.3) is 0 Å². The zero-order valence-electron chi connectivity index (χ0n) is 10.3. The summed E-state index contributed by atoms with van der Waals surface area (Å²) >= 11 is 0. The lowest BCUT2D eigenvalue weighted by molar-refractivity contribution is -0.141. The zero-order chi connectivity index (χ0) is 10.9. The number of piperidine rings is 1. The summed E-state index contributed by atoms with van der Waals surface area (Å²) in [7, 11) is 1.97. The van der Waals surface area contributed by atoms with Crippen LogP contribution in [-0.4, -0.2) is 36.0 Å². The molecule has 2 rings (SSSR count). The second-order valence-electron chi connectivity index (χ2n) is 5.22. The van der Waals surface area contributed by atoms with Crippen LogP contribution in [0, 0.1) is 0 Å². The van der Waals surface area contributed by atoms with Gasteiger partial charge in [-0.3, -0.25) is 4.79 Å². The van der Waals surface area contributed by atoms with E-state index >= 15 is 0 Å². The van der Waals surface area contributed by atoms with Gasteiger partial charge in [-0.15, -0.1) is 12.4 Å². The average molecular weight is 247 g/mol. The Labute approximate surface area is 104 Å². The molecule has 3 nitrogen and oxygen atoms in total. The van der Waals surface area contributed by atoms with Crippen molar-refractivity contribution in [2.45, 2.75) is 57.0 Å². The summed E-state index contributed by atoms with van der Waals surface area (Å²) in [6.45, 7) is 3.05. The molecule has 1 aliphatic heterocycles. The Morgan fingerprint density at radius 1 is 1.31 bits per heavy atom. The lowest BCUT2D eigenvalue weighted by Gasteiger charge is -2.42. The van der Waals surface area contributed by atoms with Crippen LogP contribution in [0.2, 0.25) is 0 Å². The Bertz CT molecular complexity index is 247. The van der Waals surface area contributed by atoms with Gasteiger partial charge in [0.2, 0.25) is 5.91 Å². The molecule has 1 N–H and O–H groups in total. The number of halogens is 1. The minimum atomic E-state index is -0.289. The number of hydrogen-bond donors (Lipinski definition) is 1. The van der Waals surface area contributed by atoms with Gasteiger partial charge in [0.15, 0.2) is 0 Å². The maximum Gasteiger partial charge on any atom is 0.242 e. The fraction of sp³-hybridized carbons (Fsp3) is 0.917. The number of nitrogens with one attached hydrogen (secondary N) is 1. The zero-order valence-corrected chi connectivity index (χ0v) is 11.1. The Morgan fingerprint density at radius 3 is 2.44 bits per heavy atom. The third-order valence-electron chi connectivity index (χ3n) is 4.03. The van der Waals surface area contributed by atoms with E-state index in [1.54, 1.807) is 0 Å². The predicted octanol–water partition coefficient (Wildman–Crippen LogP) is 1.95. The first-order chi connectivity index (χ1) is 7.13. The highest BCUT2D eigenvalue weighted by Gasteiger charge is 2.39. The molecule has 1 atom stereocenters. The van der Waals surface area contributed by atoms with Crippen LogP contribution < -0.4 is 5.32 Å². The van der Waals surface area contributed by atoms with E-state index in [1.807, 2.05) is 11.9 Å². The van der Waals surface area contributed by atoms with Crippen molar-refractivity contribution in [1.82, 2.24) is 10.2 Å². The van der Waals surface area contributed by atoms with E-state index in [0.717, 1.165) is 13.0 Å². The Balaban J connectivity index is 0.00000128. The Morgan fingerprint density at radius 2 is 2.00 bits per heavy atom. The summed E-state index contributed by atoms with van der Waals surface area (Å²) in [6.07, 6.45) is 7.04. The maximum absolute atomic E-state index is 12.3. The quantitative estimate of drug-likeness (QED) is 0.808. The number of carbonyl (C=O) groups excluding carboxylic acids is 1. The molecule has 1 saturated carbocycles. The van der Waals surface area contributed by atoms with Gasteiger partial charge in [0.05, 0.1) is 5.54 Å². The largest absolute Gasteiger partial charge is 0.341 e. The maximum atomic E-state index is 12.3. The second-order valence-corrected chi connectivity index (χ2v) is 5.22. The molecule has 1 heterocycles. The van der Waals surface area contributed by atoms with Crippen molar-refractivity contribution >= 4 is 18.3 Å². The number of amides is 1. The third-order valence-corrected chi connectivity index (χ3v) is 4.03.